The van der Waals surface area contributed by atoms with Gasteiger partial charge in [-0.05, 0) is 42.3 Å². The molecule has 1 heterocycles. The summed E-state index contributed by atoms with van der Waals surface area (Å²) in [7, 11) is 0. The van der Waals surface area contributed by atoms with Gasteiger partial charge in [0, 0.05) is 18.8 Å². The maximum atomic E-state index is 13.2. The number of halogens is 2. The molecule has 0 aliphatic carbocycles. The number of carboxylic acids is 1. The van der Waals surface area contributed by atoms with Gasteiger partial charge in [0.05, 0.1) is 27.7 Å². The van der Waals surface area contributed by atoms with Gasteiger partial charge in [0.25, 0.3) is 11.8 Å². The first-order valence-corrected chi connectivity index (χ1v) is 10.3. The molecule has 1 aliphatic rings. The molecule has 0 fully saturated rings. The zero-order valence-corrected chi connectivity index (χ0v) is 18.2. The van der Waals surface area contributed by atoms with E-state index in [-0.39, 0.29) is 24.2 Å². The van der Waals surface area contributed by atoms with E-state index in [2.05, 4.69) is 0 Å². The Balaban J connectivity index is 1.80. The van der Waals surface area contributed by atoms with Crippen LogP contribution in [0.1, 0.15) is 29.3 Å². The van der Waals surface area contributed by atoms with Gasteiger partial charge in [-0.25, -0.2) is 4.79 Å². The Bertz CT molecular complexity index is 1070. The molecular weight excluding hydrogens is 443 g/mol. The van der Waals surface area contributed by atoms with Crippen molar-refractivity contribution in [1.82, 2.24) is 4.90 Å². The molecule has 9 heteroatoms. The summed E-state index contributed by atoms with van der Waals surface area (Å²) in [5.41, 5.74) is 1.31. The topological polar surface area (TPSA) is 98.2 Å². The first-order valence-electron chi connectivity index (χ1n) is 9.53. The van der Waals surface area contributed by atoms with Crippen LogP contribution in [0.4, 0.5) is 5.69 Å². The van der Waals surface area contributed by atoms with Crippen molar-refractivity contribution in [3.05, 3.63) is 75.0 Å². The van der Waals surface area contributed by atoms with Gasteiger partial charge in [-0.3, -0.25) is 9.59 Å². The van der Waals surface area contributed by atoms with E-state index in [4.69, 9.17) is 28.3 Å². The second-order valence-electron chi connectivity index (χ2n) is 7.05. The summed E-state index contributed by atoms with van der Waals surface area (Å²) >= 11 is 12.1. The van der Waals surface area contributed by atoms with Gasteiger partial charge in [-0.15, -0.1) is 0 Å². The van der Waals surface area contributed by atoms with Gasteiger partial charge in [-0.2, -0.15) is 0 Å². The van der Waals surface area contributed by atoms with E-state index in [1.54, 1.807) is 30.3 Å². The quantitative estimate of drug-likeness (QED) is 0.639. The number of nitrogens with zero attached hydrogens (tertiary/aromatic N) is 2. The minimum atomic E-state index is -1.05. The van der Waals surface area contributed by atoms with Crippen LogP contribution in [-0.2, 0) is 16.1 Å². The van der Waals surface area contributed by atoms with Crippen LogP contribution >= 0.6 is 23.2 Å². The first-order chi connectivity index (χ1) is 14.7. The second kappa shape index (κ2) is 9.41. The third-order valence-electron chi connectivity index (χ3n) is 4.86. The van der Waals surface area contributed by atoms with E-state index in [0.29, 0.717) is 34.3 Å². The monoisotopic (exact) mass is 462 g/mol. The Morgan fingerprint density at radius 3 is 2.35 bits per heavy atom. The lowest BCUT2D eigenvalue weighted by Crippen LogP contribution is -2.35. The van der Waals surface area contributed by atoms with E-state index < -0.39 is 23.5 Å². The van der Waals surface area contributed by atoms with Gasteiger partial charge in [0.2, 0.25) is 0 Å². The van der Waals surface area contributed by atoms with Gasteiger partial charge >= 0.3 is 5.97 Å². The Kier molecular flexibility index (Phi) is 6.87. The molecule has 2 aromatic rings. The standard InChI is InChI=1S/C22H20Cl2N2O5/c1-2-9-26(15-7-8-17(23)18(24)10-15)20(28)16-12-25(21(29)19(16)27)11-13-3-5-14(6-4-13)22(30)31/h3-8,10,27H,2,9,11-12H2,1H3,(H,30,31). The van der Waals surface area contributed by atoms with Gasteiger partial charge in [0.15, 0.2) is 5.76 Å². The molecule has 0 saturated heterocycles. The lowest BCUT2D eigenvalue weighted by atomic mass is 10.1. The Morgan fingerprint density at radius 2 is 1.77 bits per heavy atom. The van der Waals surface area contributed by atoms with Crippen LogP contribution in [0.5, 0.6) is 0 Å². The number of benzene rings is 2. The van der Waals surface area contributed by atoms with Crippen molar-refractivity contribution in [3.8, 4) is 0 Å². The average Bonchev–Trinajstić information content (AvgIpc) is 3.02. The van der Waals surface area contributed by atoms with Crippen LogP contribution in [0, 0.1) is 0 Å². The summed E-state index contributed by atoms with van der Waals surface area (Å²) in [6, 6.07) is 10.8. The van der Waals surface area contributed by atoms with Crippen LogP contribution in [-0.4, -0.2) is 46.0 Å². The molecule has 7 nitrogen and oxygen atoms in total. The smallest absolute Gasteiger partial charge is 0.335 e. The van der Waals surface area contributed by atoms with Crippen LogP contribution < -0.4 is 4.90 Å². The van der Waals surface area contributed by atoms with Gasteiger partial charge < -0.3 is 20.0 Å². The highest BCUT2D eigenvalue weighted by molar-refractivity contribution is 6.42. The molecular formula is C22H20Cl2N2O5. The molecule has 31 heavy (non-hydrogen) atoms. The molecule has 1 aliphatic heterocycles. The van der Waals surface area contributed by atoms with Crippen molar-refractivity contribution in [2.45, 2.75) is 19.9 Å². The number of carbonyl (C=O) groups excluding carboxylic acids is 2. The molecule has 0 bridgehead atoms. The Hall–Kier alpha value is -3.03. The van der Waals surface area contributed by atoms with Crippen LogP contribution in [0.15, 0.2) is 53.8 Å². The van der Waals surface area contributed by atoms with E-state index in [9.17, 15) is 19.5 Å². The molecule has 2 N–H and O–H groups in total. The summed E-state index contributed by atoms with van der Waals surface area (Å²) in [6.45, 7) is 2.32. The fourth-order valence-corrected chi connectivity index (χ4v) is 3.57. The molecule has 0 atom stereocenters. The first kappa shape index (κ1) is 22.7. The third-order valence-corrected chi connectivity index (χ3v) is 5.60. The number of hydrogen-bond acceptors (Lipinski definition) is 4. The van der Waals surface area contributed by atoms with Crippen LogP contribution in [0.2, 0.25) is 10.0 Å². The SMILES string of the molecule is CCCN(C(=O)C1=C(O)C(=O)N(Cc2ccc(C(=O)O)cc2)C1)c1ccc(Cl)c(Cl)c1. The zero-order valence-electron chi connectivity index (χ0n) is 16.6. The predicted molar refractivity (Wildman–Crippen MR) is 118 cm³/mol. The number of carbonyl (C=O) groups is 3. The lowest BCUT2D eigenvalue weighted by Gasteiger charge is -2.24. The fraction of sp³-hybridized carbons (Fsp3) is 0.227. The molecule has 0 saturated carbocycles. The van der Waals surface area contributed by atoms with Crippen molar-refractivity contribution in [2.24, 2.45) is 0 Å². The number of aromatic carboxylic acids is 1. The summed E-state index contributed by atoms with van der Waals surface area (Å²) < 4.78 is 0. The van der Waals surface area contributed by atoms with E-state index in [1.165, 1.54) is 21.9 Å². The van der Waals surface area contributed by atoms with Gasteiger partial charge in [-0.1, -0.05) is 42.3 Å². The maximum absolute atomic E-state index is 13.2. The van der Waals surface area contributed by atoms with E-state index in [0.717, 1.165) is 0 Å². The Morgan fingerprint density at radius 1 is 1.10 bits per heavy atom. The van der Waals surface area contributed by atoms with Crippen molar-refractivity contribution < 1.29 is 24.6 Å². The number of hydrogen-bond donors (Lipinski definition) is 2. The molecule has 0 aromatic heterocycles. The number of amides is 2. The average molecular weight is 463 g/mol. The number of carboxylic acid groups (broad SMARTS) is 1. The third kappa shape index (κ3) is 4.84. The lowest BCUT2D eigenvalue weighted by molar-refractivity contribution is -0.128. The highest BCUT2D eigenvalue weighted by Gasteiger charge is 2.36. The summed E-state index contributed by atoms with van der Waals surface area (Å²) in [6.07, 6.45) is 0.646. The van der Waals surface area contributed by atoms with Crippen molar-refractivity contribution >= 4 is 46.7 Å². The molecule has 0 spiro atoms. The van der Waals surface area contributed by atoms with Crippen molar-refractivity contribution in [1.29, 1.82) is 0 Å². The fourth-order valence-electron chi connectivity index (χ4n) is 3.27. The van der Waals surface area contributed by atoms with E-state index >= 15 is 0 Å². The number of rotatable bonds is 7. The summed E-state index contributed by atoms with van der Waals surface area (Å²) in [5.74, 6) is -2.78. The van der Waals surface area contributed by atoms with Crippen LogP contribution in [0.3, 0.4) is 0 Å². The molecule has 162 valence electrons. The zero-order chi connectivity index (χ0) is 22.7. The van der Waals surface area contributed by atoms with Crippen LogP contribution in [0.25, 0.3) is 0 Å². The normalized spacial score (nSPS) is 13.6. The minimum Gasteiger partial charge on any atom is -0.503 e. The minimum absolute atomic E-state index is 0.00771. The van der Waals surface area contributed by atoms with Crippen molar-refractivity contribution in [3.63, 3.8) is 0 Å². The molecule has 3 rings (SSSR count). The maximum Gasteiger partial charge on any atom is 0.335 e. The van der Waals surface area contributed by atoms with Gasteiger partial charge in [0.1, 0.15) is 0 Å². The number of aliphatic hydroxyl groups excluding tert-OH is 1. The molecule has 2 amide bonds. The largest absolute Gasteiger partial charge is 0.503 e. The molecule has 0 radical (unpaired) electrons. The highest BCUT2D eigenvalue weighted by atomic mass is 35.5. The van der Waals surface area contributed by atoms with Crippen molar-refractivity contribution in [2.75, 3.05) is 18.0 Å². The summed E-state index contributed by atoms with van der Waals surface area (Å²) in [5, 5.41) is 20.0. The molecule has 2 aromatic carbocycles. The highest BCUT2D eigenvalue weighted by Crippen LogP contribution is 2.30. The summed E-state index contributed by atoms with van der Waals surface area (Å²) in [4.78, 5) is 39.5. The Labute approximate surface area is 189 Å². The number of aliphatic hydroxyl groups is 1. The number of anilines is 1. The molecule has 0 unspecified atom stereocenters. The van der Waals surface area contributed by atoms with E-state index in [1.807, 2.05) is 6.92 Å². The second-order valence-corrected chi connectivity index (χ2v) is 7.86. The predicted octanol–water partition coefficient (Wildman–Crippen LogP) is 4.29.